The highest BCUT2D eigenvalue weighted by Gasteiger charge is 2.05. The number of benzene rings is 2. The van der Waals surface area contributed by atoms with Gasteiger partial charge in [0, 0.05) is 23.6 Å². The molecule has 1 heterocycles. The van der Waals surface area contributed by atoms with E-state index in [2.05, 4.69) is 10.4 Å². The molecule has 3 aromatic rings. The van der Waals surface area contributed by atoms with E-state index in [-0.39, 0.29) is 5.91 Å². The second-order valence-electron chi connectivity index (χ2n) is 4.32. The van der Waals surface area contributed by atoms with E-state index in [4.69, 9.17) is 0 Å². The molecule has 0 unspecified atom stereocenters. The Kier molecular flexibility index (Phi) is 3.29. The third-order valence-electron chi connectivity index (χ3n) is 2.91. The Labute approximate surface area is 116 Å². The summed E-state index contributed by atoms with van der Waals surface area (Å²) in [6.07, 6.45) is 3.58. The summed E-state index contributed by atoms with van der Waals surface area (Å²) in [5, 5.41) is 7.05. The molecule has 0 atom stereocenters. The molecule has 0 aliphatic heterocycles. The van der Waals surface area contributed by atoms with Gasteiger partial charge in [0.25, 0.3) is 5.91 Å². The first-order valence-electron chi connectivity index (χ1n) is 6.29. The Morgan fingerprint density at radius 2 is 1.85 bits per heavy atom. The summed E-state index contributed by atoms with van der Waals surface area (Å²) in [5.41, 5.74) is 2.28. The van der Waals surface area contributed by atoms with Gasteiger partial charge in [-0.25, -0.2) is 4.68 Å². The van der Waals surface area contributed by atoms with Crippen LogP contribution in [-0.4, -0.2) is 15.7 Å². The summed E-state index contributed by atoms with van der Waals surface area (Å²) in [4.78, 5) is 12.1. The lowest BCUT2D eigenvalue weighted by atomic mass is 10.2. The summed E-state index contributed by atoms with van der Waals surface area (Å²) in [7, 11) is 0. The van der Waals surface area contributed by atoms with Crippen molar-refractivity contribution in [2.75, 3.05) is 5.32 Å². The first-order valence-corrected chi connectivity index (χ1v) is 6.29. The standard InChI is InChI=1S/C16H13N3O/c20-16(13-6-2-1-3-7-13)18-14-8-4-9-15(12-14)19-11-5-10-17-19/h1-12H,(H,18,20). The average molecular weight is 263 g/mol. The molecule has 1 N–H and O–H groups in total. The fraction of sp³-hybridized carbons (Fsp3) is 0. The molecular formula is C16H13N3O. The van der Waals surface area contributed by atoms with Crippen molar-refractivity contribution in [3.63, 3.8) is 0 Å². The van der Waals surface area contributed by atoms with Crippen molar-refractivity contribution in [1.29, 1.82) is 0 Å². The van der Waals surface area contributed by atoms with Gasteiger partial charge in [0.2, 0.25) is 0 Å². The molecule has 2 aromatic carbocycles. The highest BCUT2D eigenvalue weighted by atomic mass is 16.1. The van der Waals surface area contributed by atoms with E-state index in [0.717, 1.165) is 11.4 Å². The fourth-order valence-electron chi connectivity index (χ4n) is 1.94. The van der Waals surface area contributed by atoms with Crippen molar-refractivity contribution in [1.82, 2.24) is 9.78 Å². The van der Waals surface area contributed by atoms with E-state index in [1.165, 1.54) is 0 Å². The van der Waals surface area contributed by atoms with Crippen LogP contribution in [0.3, 0.4) is 0 Å². The molecule has 0 radical (unpaired) electrons. The van der Waals surface area contributed by atoms with Gasteiger partial charge in [-0.2, -0.15) is 5.10 Å². The number of hydrogen-bond acceptors (Lipinski definition) is 2. The average Bonchev–Trinajstić information content (AvgIpc) is 3.03. The Balaban J connectivity index is 1.82. The Morgan fingerprint density at radius 3 is 2.60 bits per heavy atom. The Hall–Kier alpha value is -2.88. The van der Waals surface area contributed by atoms with Crippen molar-refractivity contribution in [3.8, 4) is 5.69 Å². The van der Waals surface area contributed by atoms with E-state index in [9.17, 15) is 4.79 Å². The van der Waals surface area contributed by atoms with Crippen LogP contribution in [0.4, 0.5) is 5.69 Å². The van der Waals surface area contributed by atoms with Gasteiger partial charge in [-0.05, 0) is 36.4 Å². The molecule has 0 fully saturated rings. The van der Waals surface area contributed by atoms with Crippen molar-refractivity contribution < 1.29 is 4.79 Å². The van der Waals surface area contributed by atoms with Crippen LogP contribution >= 0.6 is 0 Å². The molecule has 98 valence electrons. The second-order valence-corrected chi connectivity index (χ2v) is 4.32. The quantitative estimate of drug-likeness (QED) is 0.789. The molecule has 20 heavy (non-hydrogen) atoms. The predicted molar refractivity (Wildman–Crippen MR) is 78.0 cm³/mol. The molecule has 4 heteroatoms. The van der Waals surface area contributed by atoms with Crippen LogP contribution in [0, 0.1) is 0 Å². The Morgan fingerprint density at radius 1 is 1.00 bits per heavy atom. The maximum atomic E-state index is 12.1. The van der Waals surface area contributed by atoms with Crippen LogP contribution < -0.4 is 5.32 Å². The SMILES string of the molecule is O=C(Nc1cccc(-n2cccn2)c1)c1ccccc1. The topological polar surface area (TPSA) is 46.9 Å². The van der Waals surface area contributed by atoms with E-state index < -0.39 is 0 Å². The number of carbonyl (C=O) groups is 1. The van der Waals surface area contributed by atoms with E-state index >= 15 is 0 Å². The first kappa shape index (κ1) is 12.2. The van der Waals surface area contributed by atoms with Crippen molar-refractivity contribution in [3.05, 3.63) is 78.6 Å². The van der Waals surface area contributed by atoms with Crippen LogP contribution in [-0.2, 0) is 0 Å². The summed E-state index contributed by atoms with van der Waals surface area (Å²) < 4.78 is 1.75. The normalized spacial score (nSPS) is 10.2. The first-order chi connectivity index (χ1) is 9.83. The van der Waals surface area contributed by atoms with E-state index in [1.807, 2.05) is 54.7 Å². The van der Waals surface area contributed by atoms with Gasteiger partial charge in [0.1, 0.15) is 0 Å². The third kappa shape index (κ3) is 2.59. The zero-order chi connectivity index (χ0) is 13.8. The monoisotopic (exact) mass is 263 g/mol. The number of anilines is 1. The zero-order valence-corrected chi connectivity index (χ0v) is 10.7. The van der Waals surface area contributed by atoms with Crippen molar-refractivity contribution in [2.45, 2.75) is 0 Å². The largest absolute Gasteiger partial charge is 0.322 e. The third-order valence-corrected chi connectivity index (χ3v) is 2.91. The van der Waals surface area contributed by atoms with Crippen LogP contribution in [0.5, 0.6) is 0 Å². The highest BCUT2D eigenvalue weighted by Crippen LogP contribution is 2.15. The smallest absolute Gasteiger partial charge is 0.255 e. The number of nitrogens with one attached hydrogen (secondary N) is 1. The minimum Gasteiger partial charge on any atom is -0.322 e. The van der Waals surface area contributed by atoms with Gasteiger partial charge in [-0.1, -0.05) is 24.3 Å². The van der Waals surface area contributed by atoms with Crippen LogP contribution in [0.1, 0.15) is 10.4 Å². The molecule has 4 nitrogen and oxygen atoms in total. The van der Waals surface area contributed by atoms with Gasteiger partial charge in [0.15, 0.2) is 0 Å². The number of amides is 1. The van der Waals surface area contributed by atoms with Crippen LogP contribution in [0.2, 0.25) is 0 Å². The maximum absolute atomic E-state index is 12.1. The van der Waals surface area contributed by atoms with Gasteiger partial charge in [-0.3, -0.25) is 4.79 Å². The maximum Gasteiger partial charge on any atom is 0.255 e. The number of rotatable bonds is 3. The molecule has 0 bridgehead atoms. The second kappa shape index (κ2) is 5.40. The molecule has 0 saturated heterocycles. The lowest BCUT2D eigenvalue weighted by molar-refractivity contribution is 0.102. The van der Waals surface area contributed by atoms with Crippen LogP contribution in [0.15, 0.2) is 73.1 Å². The Bertz CT molecular complexity index is 706. The number of aromatic nitrogens is 2. The molecule has 0 saturated carbocycles. The number of nitrogens with zero attached hydrogens (tertiary/aromatic N) is 2. The predicted octanol–water partition coefficient (Wildman–Crippen LogP) is 3.12. The number of carbonyl (C=O) groups excluding carboxylic acids is 1. The molecule has 3 rings (SSSR count). The highest BCUT2D eigenvalue weighted by molar-refractivity contribution is 6.04. The van der Waals surface area contributed by atoms with E-state index in [0.29, 0.717) is 5.56 Å². The molecule has 0 aliphatic carbocycles. The van der Waals surface area contributed by atoms with Gasteiger partial charge < -0.3 is 5.32 Å². The zero-order valence-electron chi connectivity index (χ0n) is 10.7. The lowest BCUT2D eigenvalue weighted by Crippen LogP contribution is -2.11. The summed E-state index contributed by atoms with van der Waals surface area (Å²) in [6, 6.07) is 18.6. The molecule has 0 aliphatic rings. The lowest BCUT2D eigenvalue weighted by Gasteiger charge is -2.07. The van der Waals surface area contributed by atoms with Gasteiger partial charge in [-0.15, -0.1) is 0 Å². The van der Waals surface area contributed by atoms with Crippen molar-refractivity contribution in [2.24, 2.45) is 0 Å². The fourth-order valence-corrected chi connectivity index (χ4v) is 1.94. The van der Waals surface area contributed by atoms with Crippen LogP contribution in [0.25, 0.3) is 5.69 Å². The molecular weight excluding hydrogens is 250 g/mol. The van der Waals surface area contributed by atoms with Gasteiger partial charge in [0.05, 0.1) is 5.69 Å². The number of hydrogen-bond donors (Lipinski definition) is 1. The summed E-state index contributed by atoms with van der Waals surface area (Å²) >= 11 is 0. The molecule has 1 aromatic heterocycles. The van der Waals surface area contributed by atoms with Gasteiger partial charge >= 0.3 is 0 Å². The van der Waals surface area contributed by atoms with E-state index in [1.54, 1.807) is 23.0 Å². The minimum atomic E-state index is -0.122. The molecule has 1 amide bonds. The minimum absolute atomic E-state index is 0.122. The summed E-state index contributed by atoms with van der Waals surface area (Å²) in [5.74, 6) is -0.122. The summed E-state index contributed by atoms with van der Waals surface area (Å²) in [6.45, 7) is 0. The van der Waals surface area contributed by atoms with Crippen molar-refractivity contribution >= 4 is 11.6 Å². The molecule has 0 spiro atoms.